The van der Waals surface area contributed by atoms with Crippen LogP contribution in [-0.4, -0.2) is 18.4 Å². The van der Waals surface area contributed by atoms with Crippen molar-refractivity contribution in [2.24, 2.45) is 5.92 Å². The molecule has 1 nitrogen and oxygen atoms in total. The molecule has 0 N–H and O–H groups in total. The molecule has 1 atom stereocenters. The molecule has 0 spiro atoms. The van der Waals surface area contributed by atoms with E-state index < -0.39 is 0 Å². The Kier molecular flexibility index (Phi) is 5.81. The van der Waals surface area contributed by atoms with Gasteiger partial charge in [-0.2, -0.15) is 0 Å². The summed E-state index contributed by atoms with van der Waals surface area (Å²) < 4.78 is 13.1. The summed E-state index contributed by atoms with van der Waals surface area (Å²) in [4.78, 5) is 2.22. The van der Waals surface area contributed by atoms with Crippen LogP contribution in [0.15, 0.2) is 24.3 Å². The lowest BCUT2D eigenvalue weighted by molar-refractivity contribution is 0.558. The van der Waals surface area contributed by atoms with Crippen LogP contribution in [0.1, 0.15) is 20.3 Å². The lowest BCUT2D eigenvalue weighted by Crippen LogP contribution is -2.29. The first-order valence-electron chi connectivity index (χ1n) is 5.77. The van der Waals surface area contributed by atoms with E-state index in [1.54, 1.807) is 12.1 Å². The van der Waals surface area contributed by atoms with Crippen molar-refractivity contribution in [1.82, 2.24) is 0 Å². The van der Waals surface area contributed by atoms with Gasteiger partial charge in [0, 0.05) is 24.1 Å². The van der Waals surface area contributed by atoms with Gasteiger partial charge in [0.2, 0.25) is 0 Å². The molecule has 0 heterocycles. The number of hydrogen-bond acceptors (Lipinski definition) is 1. The van der Waals surface area contributed by atoms with Crippen molar-refractivity contribution in [1.29, 1.82) is 0 Å². The van der Waals surface area contributed by atoms with Crippen LogP contribution >= 0.6 is 15.9 Å². The Morgan fingerprint density at radius 1 is 1.38 bits per heavy atom. The minimum Gasteiger partial charge on any atom is -0.371 e. The number of halogens is 2. The maximum Gasteiger partial charge on any atom is 0.125 e. The second-order valence-electron chi connectivity index (χ2n) is 3.95. The Bertz CT molecular complexity index is 313. The summed E-state index contributed by atoms with van der Waals surface area (Å²) in [7, 11) is 0. The van der Waals surface area contributed by atoms with Gasteiger partial charge in [-0.3, -0.25) is 0 Å². The van der Waals surface area contributed by atoms with Gasteiger partial charge in [0.05, 0.1) is 0 Å². The Morgan fingerprint density at radius 3 is 2.62 bits per heavy atom. The van der Waals surface area contributed by atoms with Crippen molar-refractivity contribution >= 4 is 21.6 Å². The highest BCUT2D eigenvalue weighted by atomic mass is 79.9. The average molecular weight is 288 g/mol. The number of rotatable bonds is 6. The highest BCUT2D eigenvalue weighted by Crippen LogP contribution is 2.18. The molecule has 0 radical (unpaired) electrons. The molecule has 0 aliphatic heterocycles. The fraction of sp³-hybridized carbons (Fsp3) is 0.538. The molecular weight excluding hydrogens is 269 g/mol. The molecule has 1 rings (SSSR count). The van der Waals surface area contributed by atoms with Crippen LogP contribution in [0.3, 0.4) is 0 Å². The van der Waals surface area contributed by atoms with Crippen molar-refractivity contribution in [2.45, 2.75) is 20.3 Å². The first-order chi connectivity index (χ1) is 7.71. The van der Waals surface area contributed by atoms with E-state index in [0.29, 0.717) is 5.92 Å². The SMILES string of the molecule is CCC(CBr)CN(CC)c1cccc(F)c1. The van der Waals surface area contributed by atoms with Crippen LogP contribution < -0.4 is 4.90 Å². The summed E-state index contributed by atoms with van der Waals surface area (Å²) in [5, 5.41) is 0.995. The molecule has 0 aliphatic rings. The van der Waals surface area contributed by atoms with E-state index in [1.165, 1.54) is 6.07 Å². The summed E-state index contributed by atoms with van der Waals surface area (Å²) in [5.41, 5.74) is 0.974. The zero-order valence-corrected chi connectivity index (χ0v) is 11.5. The van der Waals surface area contributed by atoms with Crippen molar-refractivity contribution in [3.8, 4) is 0 Å². The maximum atomic E-state index is 13.1. The third-order valence-corrected chi connectivity index (χ3v) is 3.74. The molecule has 0 aliphatic carbocycles. The van der Waals surface area contributed by atoms with E-state index >= 15 is 0 Å². The van der Waals surface area contributed by atoms with E-state index in [4.69, 9.17) is 0 Å². The summed E-state index contributed by atoms with van der Waals surface area (Å²) in [5.74, 6) is 0.450. The van der Waals surface area contributed by atoms with Gasteiger partial charge in [0.1, 0.15) is 5.82 Å². The van der Waals surface area contributed by atoms with Crippen molar-refractivity contribution in [3.05, 3.63) is 30.1 Å². The van der Waals surface area contributed by atoms with Gasteiger partial charge in [-0.15, -0.1) is 0 Å². The molecule has 1 aromatic rings. The Labute approximate surface area is 106 Å². The molecule has 1 unspecified atom stereocenters. The molecule has 16 heavy (non-hydrogen) atoms. The van der Waals surface area contributed by atoms with E-state index in [1.807, 2.05) is 6.07 Å². The first kappa shape index (κ1) is 13.5. The standard InChI is InChI=1S/C13H19BrFN/c1-3-11(9-14)10-16(4-2)13-7-5-6-12(15)8-13/h5-8,11H,3-4,9-10H2,1-2H3. The summed E-state index contributed by atoms with van der Waals surface area (Å²) in [6.07, 6.45) is 1.14. The van der Waals surface area contributed by atoms with Crippen LogP contribution in [0.2, 0.25) is 0 Å². The van der Waals surface area contributed by atoms with Crippen LogP contribution in [0.4, 0.5) is 10.1 Å². The topological polar surface area (TPSA) is 3.24 Å². The van der Waals surface area contributed by atoms with Gasteiger partial charge in [-0.25, -0.2) is 4.39 Å². The minimum absolute atomic E-state index is 0.164. The van der Waals surface area contributed by atoms with Crippen LogP contribution in [-0.2, 0) is 0 Å². The molecule has 0 saturated heterocycles. The zero-order valence-electron chi connectivity index (χ0n) is 9.92. The third kappa shape index (κ3) is 3.78. The molecule has 0 amide bonds. The first-order valence-corrected chi connectivity index (χ1v) is 6.89. The largest absolute Gasteiger partial charge is 0.371 e. The number of anilines is 1. The van der Waals surface area contributed by atoms with Crippen LogP contribution in [0, 0.1) is 11.7 Å². The molecule has 0 aromatic heterocycles. The van der Waals surface area contributed by atoms with Crippen LogP contribution in [0.25, 0.3) is 0 Å². The van der Waals surface area contributed by atoms with E-state index in [-0.39, 0.29) is 5.82 Å². The quantitative estimate of drug-likeness (QED) is 0.713. The summed E-state index contributed by atoms with van der Waals surface area (Å²) in [6.45, 7) is 6.17. The summed E-state index contributed by atoms with van der Waals surface area (Å²) >= 11 is 3.52. The number of nitrogens with zero attached hydrogens (tertiary/aromatic N) is 1. The normalized spacial score (nSPS) is 12.5. The summed E-state index contributed by atoms with van der Waals surface area (Å²) in [6, 6.07) is 6.82. The zero-order chi connectivity index (χ0) is 12.0. The number of benzene rings is 1. The van der Waals surface area contributed by atoms with Crippen LogP contribution in [0.5, 0.6) is 0 Å². The van der Waals surface area contributed by atoms with Gasteiger partial charge < -0.3 is 4.90 Å². The molecule has 3 heteroatoms. The number of alkyl halides is 1. The maximum absolute atomic E-state index is 13.1. The van der Waals surface area contributed by atoms with Crippen molar-refractivity contribution in [3.63, 3.8) is 0 Å². The highest BCUT2D eigenvalue weighted by Gasteiger charge is 2.11. The van der Waals surface area contributed by atoms with E-state index in [2.05, 4.69) is 34.7 Å². The Hall–Kier alpha value is -0.570. The minimum atomic E-state index is -0.164. The molecule has 0 saturated carbocycles. The molecule has 0 bridgehead atoms. The van der Waals surface area contributed by atoms with Crippen molar-refractivity contribution in [2.75, 3.05) is 23.3 Å². The lowest BCUT2D eigenvalue weighted by Gasteiger charge is -2.27. The number of hydrogen-bond donors (Lipinski definition) is 0. The fourth-order valence-electron chi connectivity index (χ4n) is 1.69. The highest BCUT2D eigenvalue weighted by molar-refractivity contribution is 9.09. The van der Waals surface area contributed by atoms with Crippen molar-refractivity contribution < 1.29 is 4.39 Å². The van der Waals surface area contributed by atoms with E-state index in [9.17, 15) is 4.39 Å². The molecular formula is C13H19BrFN. The molecule has 0 fully saturated rings. The lowest BCUT2D eigenvalue weighted by atomic mass is 10.1. The van der Waals surface area contributed by atoms with Gasteiger partial charge in [-0.05, 0) is 31.0 Å². The van der Waals surface area contributed by atoms with E-state index in [0.717, 1.165) is 30.5 Å². The Morgan fingerprint density at radius 2 is 2.12 bits per heavy atom. The van der Waals surface area contributed by atoms with Gasteiger partial charge >= 0.3 is 0 Å². The average Bonchev–Trinajstić information content (AvgIpc) is 2.31. The Balaban J connectivity index is 2.74. The second-order valence-corrected chi connectivity index (χ2v) is 4.59. The monoisotopic (exact) mass is 287 g/mol. The third-order valence-electron chi connectivity index (χ3n) is 2.83. The molecule has 1 aromatic carbocycles. The van der Waals surface area contributed by atoms with Gasteiger partial charge in [0.25, 0.3) is 0 Å². The van der Waals surface area contributed by atoms with Gasteiger partial charge in [0.15, 0.2) is 0 Å². The predicted molar refractivity (Wildman–Crippen MR) is 71.9 cm³/mol. The molecule has 90 valence electrons. The smallest absolute Gasteiger partial charge is 0.125 e. The predicted octanol–water partition coefficient (Wildman–Crippen LogP) is 4.07. The fourth-order valence-corrected chi connectivity index (χ4v) is 2.35. The van der Waals surface area contributed by atoms with Gasteiger partial charge in [-0.1, -0.05) is 35.3 Å². The second kappa shape index (κ2) is 6.89.